The zero-order chi connectivity index (χ0) is 34.5. The average Bonchev–Trinajstić information content (AvgIpc) is 3.29. The van der Waals surface area contributed by atoms with Crippen molar-refractivity contribution in [2.75, 3.05) is 46.2 Å². The zero-order valence-corrected chi connectivity index (χ0v) is 24.4. The predicted octanol–water partition coefficient (Wildman–Crippen LogP) is -10.1. The van der Waals surface area contributed by atoms with Crippen LogP contribution in [0.25, 0.3) is 0 Å². The number of hydrogen-bond donors (Lipinski definition) is 15. The van der Waals surface area contributed by atoms with Crippen molar-refractivity contribution < 1.29 is 105 Å². The summed E-state index contributed by atoms with van der Waals surface area (Å²) in [5, 5.41) is 151. The van der Waals surface area contributed by atoms with Crippen LogP contribution in [0, 0.1) is 0 Å². The SMILES string of the molecule is OCC(O)[C@@H](O)[C@H](OC1(CO)O[C@H](CO[C@H]2O[C@H](CO)[C@@H](O)[C@H](O)[C@H]2O)[C@@H](O)[C@@H]1O)[C@H](O)COC[C@H]1O[C@H](CO)[C@@H](O)[C@H](O)[C@H]1O. The van der Waals surface area contributed by atoms with Crippen LogP contribution in [0.4, 0.5) is 0 Å². The first kappa shape index (κ1) is 39.6. The van der Waals surface area contributed by atoms with Crippen molar-refractivity contribution in [2.45, 2.75) is 110 Å². The lowest BCUT2D eigenvalue weighted by atomic mass is 9.95. The Bertz CT molecular complexity index is 900. The van der Waals surface area contributed by atoms with Crippen LogP contribution in [0.15, 0.2) is 0 Å². The Kier molecular flexibility index (Phi) is 14.8. The summed E-state index contributed by atoms with van der Waals surface area (Å²) in [6, 6.07) is 0. The second kappa shape index (κ2) is 17.2. The maximum absolute atomic E-state index is 10.8. The van der Waals surface area contributed by atoms with Crippen LogP contribution in [0.3, 0.4) is 0 Å². The first-order chi connectivity index (χ1) is 21.7. The molecule has 3 heterocycles. The molecule has 3 fully saturated rings. The van der Waals surface area contributed by atoms with Gasteiger partial charge in [0.2, 0.25) is 5.79 Å². The number of aliphatic hydroxyl groups excluding tert-OH is 15. The molecule has 2 unspecified atom stereocenters. The zero-order valence-electron chi connectivity index (χ0n) is 24.4. The molecule has 3 aliphatic rings. The minimum absolute atomic E-state index is 0.551. The van der Waals surface area contributed by atoms with Gasteiger partial charge in [0.05, 0.1) is 39.6 Å². The molecule has 272 valence electrons. The Morgan fingerprint density at radius 2 is 1.17 bits per heavy atom. The molecule has 0 aromatic rings. The van der Waals surface area contributed by atoms with Crippen LogP contribution in [0.5, 0.6) is 0 Å². The highest BCUT2D eigenvalue weighted by molar-refractivity contribution is 4.99. The van der Waals surface area contributed by atoms with Gasteiger partial charge in [-0.25, -0.2) is 0 Å². The number of hydrogen-bond acceptors (Lipinski definition) is 21. The summed E-state index contributed by atoms with van der Waals surface area (Å²) >= 11 is 0. The quantitative estimate of drug-likeness (QED) is 0.0718. The summed E-state index contributed by atoms with van der Waals surface area (Å²) in [6.07, 6.45) is -29.6. The minimum atomic E-state index is -2.62. The molecule has 3 saturated heterocycles. The van der Waals surface area contributed by atoms with Crippen molar-refractivity contribution in [3.63, 3.8) is 0 Å². The molecule has 0 radical (unpaired) electrons. The van der Waals surface area contributed by atoms with Crippen LogP contribution in [0.2, 0.25) is 0 Å². The van der Waals surface area contributed by atoms with E-state index in [1.165, 1.54) is 0 Å². The lowest BCUT2D eigenvalue weighted by Gasteiger charge is -2.40. The fourth-order valence-electron chi connectivity index (χ4n) is 5.30. The lowest BCUT2D eigenvalue weighted by molar-refractivity contribution is -0.331. The van der Waals surface area contributed by atoms with Crippen molar-refractivity contribution >= 4 is 0 Å². The van der Waals surface area contributed by atoms with Crippen molar-refractivity contribution in [1.29, 1.82) is 0 Å². The van der Waals surface area contributed by atoms with Crippen molar-refractivity contribution in [3.05, 3.63) is 0 Å². The largest absolute Gasteiger partial charge is 0.394 e. The molecule has 3 aliphatic heterocycles. The molecule has 0 aromatic heterocycles. The maximum atomic E-state index is 10.8. The van der Waals surface area contributed by atoms with Gasteiger partial charge in [0.1, 0.15) is 104 Å². The molecule has 0 bridgehead atoms. The molecule has 18 atom stereocenters. The average molecular weight is 683 g/mol. The lowest BCUT2D eigenvalue weighted by Crippen LogP contribution is -2.60. The fraction of sp³-hybridized carbons (Fsp3) is 1.00. The van der Waals surface area contributed by atoms with Gasteiger partial charge in [-0.05, 0) is 0 Å². The monoisotopic (exact) mass is 682 g/mol. The second-order valence-electron chi connectivity index (χ2n) is 11.4. The molecule has 46 heavy (non-hydrogen) atoms. The third-order valence-corrected chi connectivity index (χ3v) is 8.19. The Labute approximate surface area is 261 Å². The Morgan fingerprint density at radius 1 is 0.609 bits per heavy atom. The van der Waals surface area contributed by atoms with Crippen LogP contribution >= 0.6 is 0 Å². The third-order valence-electron chi connectivity index (χ3n) is 8.19. The summed E-state index contributed by atoms with van der Waals surface area (Å²) in [6.45, 7) is -5.80. The summed E-state index contributed by atoms with van der Waals surface area (Å²) in [5.41, 5.74) is 0. The van der Waals surface area contributed by atoms with Crippen LogP contribution in [0.1, 0.15) is 0 Å². The Hall–Kier alpha value is -0.840. The van der Waals surface area contributed by atoms with Gasteiger partial charge in [-0.15, -0.1) is 0 Å². The molecule has 0 aliphatic carbocycles. The van der Waals surface area contributed by atoms with Gasteiger partial charge in [-0.2, -0.15) is 0 Å². The van der Waals surface area contributed by atoms with Gasteiger partial charge in [-0.1, -0.05) is 0 Å². The van der Waals surface area contributed by atoms with Gasteiger partial charge in [0.25, 0.3) is 0 Å². The van der Waals surface area contributed by atoms with Gasteiger partial charge in [0.15, 0.2) is 6.29 Å². The van der Waals surface area contributed by atoms with Crippen LogP contribution in [-0.4, -0.2) is 233 Å². The molecule has 21 nitrogen and oxygen atoms in total. The van der Waals surface area contributed by atoms with E-state index >= 15 is 0 Å². The summed E-state index contributed by atoms with van der Waals surface area (Å²) in [5.74, 6) is -2.62. The van der Waals surface area contributed by atoms with Crippen LogP contribution in [-0.2, 0) is 28.4 Å². The van der Waals surface area contributed by atoms with E-state index < -0.39 is 156 Å². The molecule has 3 rings (SSSR count). The van der Waals surface area contributed by atoms with Crippen molar-refractivity contribution in [1.82, 2.24) is 0 Å². The van der Waals surface area contributed by atoms with Gasteiger partial charge < -0.3 is 105 Å². The number of ether oxygens (including phenoxy) is 6. The maximum Gasteiger partial charge on any atom is 0.222 e. The number of aliphatic hydroxyl groups is 15. The van der Waals surface area contributed by atoms with E-state index in [1.54, 1.807) is 0 Å². The second-order valence-corrected chi connectivity index (χ2v) is 11.4. The predicted molar refractivity (Wildman–Crippen MR) is 141 cm³/mol. The normalized spacial score (nSPS) is 44.5. The Morgan fingerprint density at radius 3 is 1.74 bits per heavy atom. The fourth-order valence-corrected chi connectivity index (χ4v) is 5.30. The first-order valence-electron chi connectivity index (χ1n) is 14.5. The summed E-state index contributed by atoms with van der Waals surface area (Å²) < 4.78 is 32.2. The van der Waals surface area contributed by atoms with Crippen LogP contribution < -0.4 is 0 Å². The molecule has 21 heteroatoms. The van der Waals surface area contributed by atoms with Gasteiger partial charge in [-0.3, -0.25) is 0 Å². The number of rotatable bonds is 16. The van der Waals surface area contributed by atoms with Gasteiger partial charge >= 0.3 is 0 Å². The minimum Gasteiger partial charge on any atom is -0.394 e. The van der Waals surface area contributed by atoms with E-state index in [0.717, 1.165) is 0 Å². The first-order valence-corrected chi connectivity index (χ1v) is 14.5. The van der Waals surface area contributed by atoms with E-state index in [9.17, 15) is 76.6 Å². The molecule has 15 N–H and O–H groups in total. The Balaban J connectivity index is 1.69. The van der Waals surface area contributed by atoms with E-state index in [2.05, 4.69) is 0 Å². The molecular weight excluding hydrogens is 636 g/mol. The topological polar surface area (TPSA) is 359 Å². The summed E-state index contributed by atoms with van der Waals surface area (Å²) in [4.78, 5) is 0. The third kappa shape index (κ3) is 8.47. The van der Waals surface area contributed by atoms with E-state index in [1.807, 2.05) is 0 Å². The van der Waals surface area contributed by atoms with Crippen molar-refractivity contribution in [3.8, 4) is 0 Å². The molecule has 0 aromatic carbocycles. The highest BCUT2D eigenvalue weighted by Crippen LogP contribution is 2.36. The van der Waals surface area contributed by atoms with E-state index in [0.29, 0.717) is 0 Å². The highest BCUT2D eigenvalue weighted by Gasteiger charge is 2.58. The molecule has 0 saturated carbocycles. The summed E-state index contributed by atoms with van der Waals surface area (Å²) in [7, 11) is 0. The highest BCUT2D eigenvalue weighted by atomic mass is 16.8. The molecule has 0 amide bonds. The smallest absolute Gasteiger partial charge is 0.222 e. The van der Waals surface area contributed by atoms with E-state index in [-0.39, 0.29) is 0 Å². The van der Waals surface area contributed by atoms with E-state index in [4.69, 9.17) is 28.4 Å². The molecular formula is C25H46O21. The molecule has 0 spiro atoms. The van der Waals surface area contributed by atoms with Crippen molar-refractivity contribution in [2.24, 2.45) is 0 Å². The van der Waals surface area contributed by atoms with Gasteiger partial charge in [0, 0.05) is 0 Å². The standard InChI is InChI=1S/C25H46O21/c26-1-8(30)14(32)22(9(31)4-41-5-12-17(35)19(37)15(33)10(2-27)43-12)46-25(7-29)23(40)18(36)13(45-25)6-42-24-21(39)20(38)16(34)11(3-28)44-24/h8-24,26-40H,1-7H2/t8?,9-,10-,11-,12-,13-,14-,15-,16-,17+,18-,19+,20+,21-,22-,23+,24+,25?/m1/s1.